The second-order valence-corrected chi connectivity index (χ2v) is 13.6. The third-order valence-electron chi connectivity index (χ3n) is 9.68. The van der Waals surface area contributed by atoms with Crippen molar-refractivity contribution in [3.63, 3.8) is 0 Å². The van der Waals surface area contributed by atoms with Gasteiger partial charge in [0.2, 0.25) is 0 Å². The van der Waals surface area contributed by atoms with Crippen molar-refractivity contribution >= 4 is 62.6 Å². The predicted octanol–water partition coefficient (Wildman–Crippen LogP) is 8.82. The number of rotatable bonds is 8. The van der Waals surface area contributed by atoms with Crippen LogP contribution in [0.15, 0.2) is 48.7 Å². The minimum Gasteiger partial charge on any atom is -0.494 e. The van der Waals surface area contributed by atoms with Crippen LogP contribution in [0.1, 0.15) is 61.8 Å². The number of fused-ring (bicyclic) bond motifs is 4. The molecule has 1 aliphatic heterocycles. The number of amides is 1. The number of aromatic nitrogens is 4. The van der Waals surface area contributed by atoms with Crippen LogP contribution in [-0.4, -0.2) is 49.5 Å². The molecule has 1 aliphatic rings. The van der Waals surface area contributed by atoms with Gasteiger partial charge in [0.15, 0.2) is 0 Å². The molecule has 49 heavy (non-hydrogen) atoms. The summed E-state index contributed by atoms with van der Waals surface area (Å²) in [5, 5.41) is 17.7. The molecule has 0 saturated heterocycles. The maximum Gasteiger partial charge on any atom is 0.335 e. The van der Waals surface area contributed by atoms with Crippen molar-refractivity contribution < 1.29 is 19.4 Å². The highest BCUT2D eigenvalue weighted by Gasteiger charge is 2.33. The van der Waals surface area contributed by atoms with Crippen LogP contribution in [0.5, 0.6) is 5.75 Å². The van der Waals surface area contributed by atoms with Crippen molar-refractivity contribution in [3.8, 4) is 16.9 Å². The lowest BCUT2D eigenvalue weighted by Gasteiger charge is -2.22. The van der Waals surface area contributed by atoms with E-state index in [0.29, 0.717) is 60.9 Å². The summed E-state index contributed by atoms with van der Waals surface area (Å²) in [6.45, 7) is 9.37. The second kappa shape index (κ2) is 12.6. The molecule has 0 bridgehead atoms. The summed E-state index contributed by atoms with van der Waals surface area (Å²) in [5.74, 6) is -0.477. The van der Waals surface area contributed by atoms with Crippen molar-refractivity contribution in [1.29, 1.82) is 0 Å². The Morgan fingerprint density at radius 3 is 2.45 bits per heavy atom. The van der Waals surface area contributed by atoms with Gasteiger partial charge >= 0.3 is 5.97 Å². The minimum atomic E-state index is -1.05. The van der Waals surface area contributed by atoms with E-state index >= 15 is 0 Å². The average Bonchev–Trinajstić information content (AvgIpc) is 3.70. The van der Waals surface area contributed by atoms with E-state index in [2.05, 4.69) is 9.55 Å². The molecule has 11 heteroatoms. The number of carboxylic acid groups (broad SMARTS) is 1. The molecule has 0 fully saturated rings. The smallest absolute Gasteiger partial charge is 0.335 e. The number of nitrogens with one attached hydrogen (secondary N) is 1. The number of anilines is 1. The van der Waals surface area contributed by atoms with Crippen molar-refractivity contribution in [2.75, 3.05) is 18.1 Å². The number of benzene rings is 3. The highest BCUT2D eigenvalue weighted by molar-refractivity contribution is 6.35. The van der Waals surface area contributed by atoms with Crippen LogP contribution >= 0.6 is 23.2 Å². The van der Waals surface area contributed by atoms with Crippen LogP contribution in [0.3, 0.4) is 0 Å². The number of carbonyl (C=O) groups is 2. The molecule has 0 aliphatic carbocycles. The number of H-pyrrole nitrogens is 1. The Balaban J connectivity index is 1.37. The Labute approximate surface area is 294 Å². The van der Waals surface area contributed by atoms with Crippen LogP contribution in [0.25, 0.3) is 32.9 Å². The lowest BCUT2D eigenvalue weighted by Crippen LogP contribution is -2.32. The molecular weight excluding hydrogens is 661 g/mol. The molecule has 9 nitrogen and oxygen atoms in total. The third-order valence-corrected chi connectivity index (χ3v) is 10.6. The first-order valence-electron chi connectivity index (χ1n) is 16.4. The van der Waals surface area contributed by atoms with E-state index in [1.165, 1.54) is 0 Å². The number of aromatic amines is 1. The lowest BCUT2D eigenvalue weighted by atomic mass is 9.98. The zero-order valence-corrected chi connectivity index (χ0v) is 29.6. The van der Waals surface area contributed by atoms with Crippen LogP contribution in [0.4, 0.5) is 5.69 Å². The highest BCUT2D eigenvalue weighted by Crippen LogP contribution is 2.43. The van der Waals surface area contributed by atoms with E-state index in [0.717, 1.165) is 66.3 Å². The Morgan fingerprint density at radius 2 is 1.76 bits per heavy atom. The molecule has 6 aromatic rings. The topological polar surface area (TPSA) is 105 Å². The molecule has 3 aromatic heterocycles. The van der Waals surface area contributed by atoms with Crippen LogP contribution in [-0.2, 0) is 20.0 Å². The molecular formula is C38H37Cl2N5O4. The van der Waals surface area contributed by atoms with Gasteiger partial charge in [0.1, 0.15) is 11.4 Å². The van der Waals surface area contributed by atoms with E-state index in [1.807, 2.05) is 69.8 Å². The zero-order chi connectivity index (χ0) is 34.7. The normalized spacial score (nSPS) is 13.4. The number of aromatic carboxylic acids is 1. The number of aryl methyl sites for hydroxylation is 6. The van der Waals surface area contributed by atoms with E-state index in [4.69, 9.17) is 33.0 Å². The SMILES string of the molecule is Cc1cc(OCCCc2c3n(c4c(-c5c(C)nn(C)c5C)c(Cl)ccc24)CCCN(c2cc(C(=O)O)cc4[nH]ccc24)C3=O)cc(C)c1Cl. The summed E-state index contributed by atoms with van der Waals surface area (Å²) in [5.41, 5.74) is 9.32. The summed E-state index contributed by atoms with van der Waals surface area (Å²) < 4.78 is 10.2. The van der Waals surface area contributed by atoms with Gasteiger partial charge in [-0.1, -0.05) is 29.3 Å². The maximum atomic E-state index is 15.0. The second-order valence-electron chi connectivity index (χ2n) is 12.8. The fourth-order valence-corrected chi connectivity index (χ4v) is 7.71. The largest absolute Gasteiger partial charge is 0.494 e. The molecule has 0 radical (unpaired) electrons. The Bertz CT molecular complexity index is 2290. The molecule has 3 aromatic carbocycles. The molecule has 0 saturated carbocycles. The van der Waals surface area contributed by atoms with Crippen molar-refractivity contribution in [3.05, 3.63) is 98.0 Å². The van der Waals surface area contributed by atoms with Crippen molar-refractivity contribution in [1.82, 2.24) is 19.3 Å². The van der Waals surface area contributed by atoms with Gasteiger partial charge in [0.25, 0.3) is 5.91 Å². The van der Waals surface area contributed by atoms with Gasteiger partial charge in [-0.05, 0) is 100 Å². The van der Waals surface area contributed by atoms with E-state index in [-0.39, 0.29) is 11.5 Å². The number of ether oxygens (including phenoxy) is 1. The van der Waals surface area contributed by atoms with Crippen LogP contribution in [0, 0.1) is 27.7 Å². The summed E-state index contributed by atoms with van der Waals surface area (Å²) in [4.78, 5) is 32.0. The van der Waals surface area contributed by atoms with Gasteiger partial charge in [-0.25, -0.2) is 4.79 Å². The number of hydrogen-bond donors (Lipinski definition) is 2. The van der Waals surface area contributed by atoms with Gasteiger partial charge < -0.3 is 24.3 Å². The van der Waals surface area contributed by atoms with Crippen molar-refractivity contribution in [2.24, 2.45) is 7.05 Å². The van der Waals surface area contributed by atoms with Gasteiger partial charge in [-0.15, -0.1) is 0 Å². The van der Waals surface area contributed by atoms with Gasteiger partial charge in [0.05, 0.1) is 34.1 Å². The predicted molar refractivity (Wildman–Crippen MR) is 195 cm³/mol. The summed E-state index contributed by atoms with van der Waals surface area (Å²) in [7, 11) is 1.92. The molecule has 0 unspecified atom stereocenters. The summed E-state index contributed by atoms with van der Waals surface area (Å²) in [6.07, 6.45) is 3.64. The standard InChI is InChI=1S/C38H37Cl2N5O4/c1-20-16-25(17-21(2)34(20)40)49-15-6-8-26-27-9-10-29(39)33(32-22(3)42-43(5)23(32)4)35(27)45-14-7-13-44(37(46)36(26)45)31-19-24(38(47)48)18-30-28(31)11-12-41-30/h9-12,16-19,41H,6-8,13-15H2,1-5H3,(H,47,48). The fourth-order valence-electron chi connectivity index (χ4n) is 7.36. The number of halogens is 2. The van der Waals surface area contributed by atoms with Gasteiger partial charge in [-0.3, -0.25) is 9.48 Å². The molecule has 1 amide bonds. The Morgan fingerprint density at radius 1 is 1.00 bits per heavy atom. The van der Waals surface area contributed by atoms with Crippen LogP contribution in [0.2, 0.25) is 10.0 Å². The van der Waals surface area contributed by atoms with Gasteiger partial charge in [-0.2, -0.15) is 5.10 Å². The average molecular weight is 699 g/mol. The molecule has 0 atom stereocenters. The number of carboxylic acids is 1. The van der Waals surface area contributed by atoms with Crippen molar-refractivity contribution in [2.45, 2.75) is 53.5 Å². The highest BCUT2D eigenvalue weighted by atomic mass is 35.5. The summed E-state index contributed by atoms with van der Waals surface area (Å²) in [6, 6.07) is 12.9. The number of nitrogens with zero attached hydrogens (tertiary/aromatic N) is 4. The fraction of sp³-hybridized carbons (Fsp3) is 0.289. The first-order chi connectivity index (χ1) is 23.5. The van der Waals surface area contributed by atoms with E-state index in [9.17, 15) is 14.7 Å². The molecule has 2 N–H and O–H groups in total. The lowest BCUT2D eigenvalue weighted by molar-refractivity contribution is 0.0696. The minimum absolute atomic E-state index is 0.115. The monoisotopic (exact) mass is 697 g/mol. The quantitative estimate of drug-likeness (QED) is 0.155. The molecule has 4 heterocycles. The first kappa shape index (κ1) is 32.8. The Kier molecular flexibility index (Phi) is 8.45. The Hall–Kier alpha value is -4.73. The zero-order valence-electron chi connectivity index (χ0n) is 28.1. The molecule has 0 spiro atoms. The number of hydrogen-bond acceptors (Lipinski definition) is 4. The van der Waals surface area contributed by atoms with Crippen LogP contribution < -0.4 is 9.64 Å². The number of carbonyl (C=O) groups excluding carboxylic acids is 1. The maximum absolute atomic E-state index is 15.0. The van der Waals surface area contributed by atoms with E-state index in [1.54, 1.807) is 23.2 Å². The molecule has 252 valence electrons. The van der Waals surface area contributed by atoms with Gasteiger partial charge in [0, 0.05) is 64.5 Å². The molecule has 7 rings (SSSR count). The summed E-state index contributed by atoms with van der Waals surface area (Å²) >= 11 is 13.4. The first-order valence-corrected chi connectivity index (χ1v) is 17.1. The van der Waals surface area contributed by atoms with E-state index < -0.39 is 5.97 Å². The third kappa shape index (κ3) is 5.55.